The molecular formula is C4H8BrI. The van der Waals surface area contributed by atoms with E-state index in [0.29, 0.717) is 4.83 Å². The van der Waals surface area contributed by atoms with E-state index in [1.54, 1.807) is 0 Å². The minimum Gasteiger partial charge on any atom is -0.0893 e. The van der Waals surface area contributed by atoms with Crippen LogP contribution in [0.3, 0.4) is 0 Å². The van der Waals surface area contributed by atoms with Gasteiger partial charge in [-0.15, -0.1) is 0 Å². The van der Waals surface area contributed by atoms with E-state index < -0.39 is 0 Å². The van der Waals surface area contributed by atoms with Crippen LogP contribution in [0.25, 0.3) is 0 Å². The highest BCUT2D eigenvalue weighted by Gasteiger charge is 1.88. The lowest BCUT2D eigenvalue weighted by molar-refractivity contribution is 0.945. The molecule has 0 saturated carbocycles. The first-order valence-corrected chi connectivity index (χ1v) is 4.41. The van der Waals surface area contributed by atoms with Crippen molar-refractivity contribution in [3.05, 3.63) is 0 Å². The van der Waals surface area contributed by atoms with E-state index >= 15 is 0 Å². The summed E-state index contributed by atoms with van der Waals surface area (Å²) in [6, 6.07) is 0. The van der Waals surface area contributed by atoms with Crippen molar-refractivity contribution >= 4 is 38.5 Å². The number of halogens is 2. The van der Waals surface area contributed by atoms with Gasteiger partial charge in [0.2, 0.25) is 0 Å². The third kappa shape index (κ3) is 5.21. The minimum atomic E-state index is 0.703. The average Bonchev–Trinajstić information content (AvgIpc) is 1.35. The molecule has 6 heavy (non-hydrogen) atoms. The maximum atomic E-state index is 3.43. The predicted octanol–water partition coefficient (Wildman–Crippen LogP) is 2.59. The van der Waals surface area contributed by atoms with Gasteiger partial charge in [-0.3, -0.25) is 0 Å². The number of hydrogen-bond acceptors (Lipinski definition) is 0. The molecule has 0 bridgehead atoms. The molecule has 0 aromatic heterocycles. The molecule has 0 aliphatic heterocycles. The van der Waals surface area contributed by atoms with Gasteiger partial charge < -0.3 is 0 Å². The molecule has 2 heteroatoms. The van der Waals surface area contributed by atoms with Crippen LogP contribution in [0.1, 0.15) is 13.3 Å². The molecule has 0 nitrogen and oxygen atoms in total. The lowest BCUT2D eigenvalue weighted by Crippen LogP contribution is -1.87. The van der Waals surface area contributed by atoms with Crippen LogP contribution in [-0.2, 0) is 0 Å². The predicted molar refractivity (Wildman–Crippen MR) is 41.9 cm³/mol. The fraction of sp³-hybridized carbons (Fsp3) is 1.00. The van der Waals surface area contributed by atoms with Gasteiger partial charge in [0, 0.05) is 9.25 Å². The van der Waals surface area contributed by atoms with E-state index in [2.05, 4.69) is 45.4 Å². The maximum Gasteiger partial charge on any atom is 0.0124 e. The van der Waals surface area contributed by atoms with E-state index in [0.717, 1.165) is 0 Å². The Kier molecular flexibility index (Phi) is 5.25. The second-order valence-electron chi connectivity index (χ2n) is 1.26. The first-order chi connectivity index (χ1) is 2.77. The molecule has 0 N–H and O–H groups in total. The molecule has 1 atom stereocenters. The zero-order valence-corrected chi connectivity index (χ0v) is 7.49. The van der Waals surface area contributed by atoms with Crippen LogP contribution in [-0.4, -0.2) is 9.25 Å². The molecular weight excluding hydrogens is 255 g/mol. The Morgan fingerprint density at radius 3 is 2.33 bits per heavy atom. The van der Waals surface area contributed by atoms with E-state index in [-0.39, 0.29) is 0 Å². The maximum absolute atomic E-state index is 3.43. The van der Waals surface area contributed by atoms with Gasteiger partial charge in [-0.25, -0.2) is 0 Å². The van der Waals surface area contributed by atoms with E-state index in [9.17, 15) is 0 Å². The molecule has 0 saturated heterocycles. The van der Waals surface area contributed by atoms with Gasteiger partial charge in [0.15, 0.2) is 0 Å². The summed E-state index contributed by atoms with van der Waals surface area (Å²) in [4.78, 5) is 0.703. The largest absolute Gasteiger partial charge is 0.0893 e. The number of rotatable bonds is 2. The lowest BCUT2D eigenvalue weighted by atomic mass is 10.4. The second-order valence-corrected chi connectivity index (χ2v) is 3.90. The van der Waals surface area contributed by atoms with Crippen molar-refractivity contribution in [3.8, 4) is 0 Å². The Balaban J connectivity index is 2.63. The zero-order valence-electron chi connectivity index (χ0n) is 3.75. The van der Waals surface area contributed by atoms with Crippen molar-refractivity contribution in [2.24, 2.45) is 0 Å². The molecule has 0 aromatic rings. The molecule has 0 aliphatic carbocycles. The van der Waals surface area contributed by atoms with Crippen LogP contribution < -0.4 is 0 Å². The van der Waals surface area contributed by atoms with Crippen molar-refractivity contribution in [1.29, 1.82) is 0 Å². The summed E-state index contributed by atoms with van der Waals surface area (Å²) >= 11 is 5.80. The summed E-state index contributed by atoms with van der Waals surface area (Å²) in [5, 5.41) is 0. The summed E-state index contributed by atoms with van der Waals surface area (Å²) in [5.41, 5.74) is 0. The fourth-order valence-electron chi connectivity index (χ4n) is 0.150. The monoisotopic (exact) mass is 262 g/mol. The Hall–Kier alpha value is 1.21. The smallest absolute Gasteiger partial charge is 0.0124 e. The molecule has 0 rings (SSSR count). The van der Waals surface area contributed by atoms with Crippen molar-refractivity contribution in [2.75, 3.05) is 4.43 Å². The number of alkyl halides is 2. The minimum absolute atomic E-state index is 0.703. The average molecular weight is 263 g/mol. The highest BCUT2D eigenvalue weighted by atomic mass is 127. The van der Waals surface area contributed by atoms with Gasteiger partial charge in [0.25, 0.3) is 0 Å². The summed E-state index contributed by atoms with van der Waals surface area (Å²) < 4.78 is 1.25. The van der Waals surface area contributed by atoms with Gasteiger partial charge in [0.1, 0.15) is 0 Å². The van der Waals surface area contributed by atoms with E-state index in [1.807, 2.05) is 0 Å². The first-order valence-electron chi connectivity index (χ1n) is 1.97. The third-order valence-electron chi connectivity index (χ3n) is 0.507. The molecule has 38 valence electrons. The van der Waals surface area contributed by atoms with Gasteiger partial charge in [-0.2, -0.15) is 0 Å². The highest BCUT2D eigenvalue weighted by molar-refractivity contribution is 14.1. The highest BCUT2D eigenvalue weighted by Crippen LogP contribution is 2.04. The van der Waals surface area contributed by atoms with Gasteiger partial charge in [-0.1, -0.05) is 45.4 Å². The van der Waals surface area contributed by atoms with Crippen LogP contribution >= 0.6 is 38.5 Å². The van der Waals surface area contributed by atoms with Gasteiger partial charge in [0.05, 0.1) is 0 Å². The summed E-state index contributed by atoms with van der Waals surface area (Å²) in [6.45, 7) is 2.17. The van der Waals surface area contributed by atoms with Crippen LogP contribution in [0.5, 0.6) is 0 Å². The Bertz CT molecular complexity index is 28.7. The standard InChI is InChI=1S/C4H8BrI/c1-4(5)2-3-6/h4H,2-3H2,1H3. The summed E-state index contributed by atoms with van der Waals surface area (Å²) in [5.74, 6) is 0. The molecule has 0 amide bonds. The Morgan fingerprint density at radius 1 is 1.83 bits per heavy atom. The van der Waals surface area contributed by atoms with Gasteiger partial charge in [-0.05, 0) is 6.42 Å². The SMILES string of the molecule is CC(Br)CCI. The quantitative estimate of drug-likeness (QED) is 0.530. The summed E-state index contributed by atoms with van der Waals surface area (Å²) in [7, 11) is 0. The van der Waals surface area contributed by atoms with Crippen molar-refractivity contribution in [3.63, 3.8) is 0 Å². The summed E-state index contributed by atoms with van der Waals surface area (Å²) in [6.07, 6.45) is 1.28. The molecule has 0 heterocycles. The Labute approximate surface area is 61.0 Å². The molecule has 0 spiro atoms. The van der Waals surface area contributed by atoms with Crippen LogP contribution in [0.4, 0.5) is 0 Å². The molecule has 0 radical (unpaired) electrons. The second kappa shape index (κ2) is 4.37. The van der Waals surface area contributed by atoms with Crippen LogP contribution in [0.2, 0.25) is 0 Å². The van der Waals surface area contributed by atoms with E-state index in [1.165, 1.54) is 10.8 Å². The fourth-order valence-corrected chi connectivity index (χ4v) is 2.17. The number of hydrogen-bond donors (Lipinski definition) is 0. The van der Waals surface area contributed by atoms with Crippen molar-refractivity contribution in [1.82, 2.24) is 0 Å². The van der Waals surface area contributed by atoms with E-state index in [4.69, 9.17) is 0 Å². The topological polar surface area (TPSA) is 0 Å². The normalized spacial score (nSPS) is 14.5. The molecule has 0 fully saturated rings. The lowest BCUT2D eigenvalue weighted by Gasteiger charge is -1.92. The zero-order chi connectivity index (χ0) is 4.99. The first kappa shape index (κ1) is 7.21. The Morgan fingerprint density at radius 2 is 2.33 bits per heavy atom. The van der Waals surface area contributed by atoms with Crippen molar-refractivity contribution < 1.29 is 0 Å². The van der Waals surface area contributed by atoms with Crippen molar-refractivity contribution in [2.45, 2.75) is 18.2 Å². The van der Waals surface area contributed by atoms with Crippen LogP contribution in [0.15, 0.2) is 0 Å². The van der Waals surface area contributed by atoms with Gasteiger partial charge >= 0.3 is 0 Å². The molecule has 0 aliphatic rings. The molecule has 1 unspecified atom stereocenters. The third-order valence-corrected chi connectivity index (χ3v) is 1.59. The molecule has 0 aromatic carbocycles. The van der Waals surface area contributed by atoms with Crippen LogP contribution in [0, 0.1) is 0 Å².